The Morgan fingerprint density at radius 2 is 2.26 bits per heavy atom. The second-order valence-electron chi connectivity index (χ2n) is 5.45. The highest BCUT2D eigenvalue weighted by atomic mass is 35.5. The molecule has 0 bridgehead atoms. The minimum Gasteiger partial charge on any atom is -0.313 e. The third-order valence-electron chi connectivity index (χ3n) is 3.68. The average Bonchev–Trinajstić information content (AvgIpc) is 2.40. The third kappa shape index (κ3) is 4.66. The summed E-state index contributed by atoms with van der Waals surface area (Å²) in [6, 6.07) is 4.58. The van der Waals surface area contributed by atoms with Gasteiger partial charge in [0.2, 0.25) is 0 Å². The molecule has 1 N–H and O–H groups in total. The van der Waals surface area contributed by atoms with Gasteiger partial charge in [-0.15, -0.1) is 11.8 Å². The molecule has 1 saturated carbocycles. The van der Waals surface area contributed by atoms with E-state index in [1.807, 2.05) is 23.9 Å². The highest BCUT2D eigenvalue weighted by Gasteiger charge is 2.29. The molecule has 19 heavy (non-hydrogen) atoms. The molecule has 1 fully saturated rings. The maximum atomic E-state index is 5.89. The predicted octanol–water partition coefficient (Wildman–Crippen LogP) is 4.38. The number of rotatable bonds is 5. The quantitative estimate of drug-likeness (QED) is 0.873. The molecule has 3 unspecified atom stereocenters. The Labute approximate surface area is 125 Å². The number of halogens is 1. The van der Waals surface area contributed by atoms with E-state index in [0.717, 1.165) is 17.5 Å². The molecule has 0 aromatic carbocycles. The Morgan fingerprint density at radius 3 is 2.95 bits per heavy atom. The van der Waals surface area contributed by atoms with Crippen molar-refractivity contribution in [2.45, 2.75) is 55.8 Å². The lowest BCUT2D eigenvalue weighted by molar-refractivity contribution is 0.317. The summed E-state index contributed by atoms with van der Waals surface area (Å²) in [5.74, 6) is 0.824. The molecule has 1 heterocycles. The van der Waals surface area contributed by atoms with Crippen molar-refractivity contribution < 1.29 is 0 Å². The molecule has 1 aliphatic carbocycles. The average molecular weight is 299 g/mol. The van der Waals surface area contributed by atoms with Crippen molar-refractivity contribution >= 4 is 23.4 Å². The number of thioether (sulfide) groups is 1. The van der Waals surface area contributed by atoms with Crippen LogP contribution in [-0.4, -0.2) is 22.8 Å². The fraction of sp³-hybridized carbons (Fsp3) is 0.667. The van der Waals surface area contributed by atoms with E-state index in [4.69, 9.17) is 11.6 Å². The second-order valence-corrected chi connectivity index (χ2v) is 7.15. The Hall–Kier alpha value is -0.250. The molecule has 2 nitrogen and oxygen atoms in total. The maximum Gasteiger partial charge on any atom is 0.0964 e. The van der Waals surface area contributed by atoms with Crippen molar-refractivity contribution in [2.75, 3.05) is 6.54 Å². The van der Waals surface area contributed by atoms with Crippen molar-refractivity contribution in [2.24, 2.45) is 5.92 Å². The van der Waals surface area contributed by atoms with Crippen LogP contribution in [0.4, 0.5) is 0 Å². The van der Waals surface area contributed by atoms with Gasteiger partial charge in [-0.3, -0.25) is 0 Å². The fourth-order valence-electron chi connectivity index (χ4n) is 2.61. The molecular formula is C15H23ClN2S. The lowest BCUT2D eigenvalue weighted by atomic mass is 9.87. The lowest BCUT2D eigenvalue weighted by Crippen LogP contribution is -2.42. The summed E-state index contributed by atoms with van der Waals surface area (Å²) >= 11 is 7.79. The smallest absolute Gasteiger partial charge is 0.0964 e. The van der Waals surface area contributed by atoms with Crippen LogP contribution in [0.15, 0.2) is 23.4 Å². The predicted molar refractivity (Wildman–Crippen MR) is 84.0 cm³/mol. The molecule has 0 aliphatic heterocycles. The van der Waals surface area contributed by atoms with E-state index in [1.54, 1.807) is 6.20 Å². The van der Waals surface area contributed by atoms with Gasteiger partial charge < -0.3 is 5.32 Å². The van der Waals surface area contributed by atoms with Crippen LogP contribution in [0.25, 0.3) is 0 Å². The topological polar surface area (TPSA) is 24.9 Å². The Bertz CT molecular complexity index is 380. The molecule has 0 amide bonds. The van der Waals surface area contributed by atoms with Gasteiger partial charge in [0.05, 0.1) is 10.0 Å². The van der Waals surface area contributed by atoms with Crippen LogP contribution in [0.3, 0.4) is 0 Å². The summed E-state index contributed by atoms with van der Waals surface area (Å²) in [6.07, 6.45) is 6.84. The van der Waals surface area contributed by atoms with E-state index in [1.165, 1.54) is 25.7 Å². The van der Waals surface area contributed by atoms with Crippen LogP contribution in [0, 0.1) is 5.92 Å². The van der Waals surface area contributed by atoms with E-state index >= 15 is 0 Å². The molecule has 2 rings (SSSR count). The summed E-state index contributed by atoms with van der Waals surface area (Å²) in [5.41, 5.74) is 0. The second kappa shape index (κ2) is 7.51. The van der Waals surface area contributed by atoms with Crippen LogP contribution in [-0.2, 0) is 0 Å². The Morgan fingerprint density at radius 1 is 1.42 bits per heavy atom. The zero-order valence-electron chi connectivity index (χ0n) is 11.7. The first-order chi connectivity index (χ1) is 9.19. The molecule has 0 spiro atoms. The largest absolute Gasteiger partial charge is 0.313 e. The van der Waals surface area contributed by atoms with Gasteiger partial charge in [-0.05, 0) is 50.3 Å². The number of aromatic nitrogens is 1. The van der Waals surface area contributed by atoms with Crippen molar-refractivity contribution in [3.05, 3.63) is 23.4 Å². The molecule has 1 aliphatic rings. The normalized spacial score (nSPS) is 27.4. The monoisotopic (exact) mass is 298 g/mol. The summed E-state index contributed by atoms with van der Waals surface area (Å²) < 4.78 is 0. The lowest BCUT2D eigenvalue weighted by Gasteiger charge is -2.35. The summed E-state index contributed by atoms with van der Waals surface area (Å²) in [5, 5.41) is 6.13. The molecule has 0 saturated heterocycles. The minimum atomic E-state index is 0.624. The minimum absolute atomic E-state index is 0.624. The number of nitrogens with one attached hydrogen (secondary N) is 1. The molecule has 3 atom stereocenters. The number of pyridine rings is 1. The van der Waals surface area contributed by atoms with Gasteiger partial charge in [0, 0.05) is 17.5 Å². The summed E-state index contributed by atoms with van der Waals surface area (Å²) in [6.45, 7) is 5.70. The van der Waals surface area contributed by atoms with E-state index < -0.39 is 0 Å². The zero-order valence-corrected chi connectivity index (χ0v) is 13.3. The van der Waals surface area contributed by atoms with Crippen LogP contribution in [0.1, 0.15) is 39.5 Å². The Kier molecular flexibility index (Phi) is 5.99. The van der Waals surface area contributed by atoms with Gasteiger partial charge in [-0.25, -0.2) is 4.98 Å². The number of nitrogens with zero attached hydrogens (tertiary/aromatic N) is 1. The van der Waals surface area contributed by atoms with Crippen molar-refractivity contribution in [3.63, 3.8) is 0 Å². The van der Waals surface area contributed by atoms with Crippen LogP contribution < -0.4 is 5.32 Å². The molecule has 106 valence electrons. The standard InChI is InChI=1S/C15H23ClN2S/c1-3-8-17-13-6-4-11(2)9-14(13)19-15-7-5-12(16)10-18-15/h5,7,10-11,13-14,17H,3-4,6,8-9H2,1-2H3. The van der Waals surface area contributed by atoms with E-state index in [2.05, 4.69) is 24.1 Å². The van der Waals surface area contributed by atoms with Gasteiger partial charge in [-0.1, -0.05) is 25.4 Å². The molecule has 0 radical (unpaired) electrons. The molecule has 4 heteroatoms. The van der Waals surface area contributed by atoms with Crippen molar-refractivity contribution in [1.29, 1.82) is 0 Å². The maximum absolute atomic E-state index is 5.89. The van der Waals surface area contributed by atoms with Crippen LogP contribution >= 0.6 is 23.4 Å². The summed E-state index contributed by atoms with van der Waals surface area (Å²) in [4.78, 5) is 4.42. The van der Waals surface area contributed by atoms with E-state index in [9.17, 15) is 0 Å². The van der Waals surface area contributed by atoms with Crippen molar-refractivity contribution in [1.82, 2.24) is 10.3 Å². The van der Waals surface area contributed by atoms with Crippen molar-refractivity contribution in [3.8, 4) is 0 Å². The first-order valence-electron chi connectivity index (χ1n) is 7.20. The molecular weight excluding hydrogens is 276 g/mol. The SMILES string of the molecule is CCCNC1CCC(C)CC1Sc1ccc(Cl)cn1. The van der Waals surface area contributed by atoms with Gasteiger partial charge in [0.1, 0.15) is 0 Å². The number of hydrogen-bond acceptors (Lipinski definition) is 3. The molecule has 1 aromatic rings. The fourth-order valence-corrected chi connectivity index (χ4v) is 4.11. The van der Waals surface area contributed by atoms with Crippen LogP contribution in [0.2, 0.25) is 5.02 Å². The van der Waals surface area contributed by atoms with E-state index in [-0.39, 0.29) is 0 Å². The van der Waals surface area contributed by atoms with E-state index in [0.29, 0.717) is 16.3 Å². The Balaban J connectivity index is 1.98. The zero-order chi connectivity index (χ0) is 13.7. The van der Waals surface area contributed by atoms with Gasteiger partial charge in [-0.2, -0.15) is 0 Å². The third-order valence-corrected chi connectivity index (χ3v) is 5.21. The summed E-state index contributed by atoms with van der Waals surface area (Å²) in [7, 11) is 0. The first-order valence-corrected chi connectivity index (χ1v) is 8.46. The van der Waals surface area contributed by atoms with Gasteiger partial charge >= 0.3 is 0 Å². The van der Waals surface area contributed by atoms with Gasteiger partial charge in [0.15, 0.2) is 0 Å². The number of hydrogen-bond donors (Lipinski definition) is 1. The van der Waals surface area contributed by atoms with Crippen LogP contribution in [0.5, 0.6) is 0 Å². The highest BCUT2D eigenvalue weighted by molar-refractivity contribution is 7.99. The van der Waals surface area contributed by atoms with Gasteiger partial charge in [0.25, 0.3) is 0 Å². The molecule has 1 aromatic heterocycles. The first kappa shape index (κ1) is 15.1. The highest BCUT2D eigenvalue weighted by Crippen LogP contribution is 2.35.